The number of ether oxygens (including phenoxy) is 1. The number of rotatable bonds is 4. The second-order valence-electron chi connectivity index (χ2n) is 4.71. The first-order valence-electron chi connectivity index (χ1n) is 6.76. The van der Waals surface area contributed by atoms with Gasteiger partial charge in [0, 0.05) is 44.5 Å². The minimum Gasteiger partial charge on any atom is -0.497 e. The average Bonchev–Trinajstić information content (AvgIpc) is 2.48. The molecule has 6 nitrogen and oxygen atoms in total. The fourth-order valence-corrected chi connectivity index (χ4v) is 2.22. The molecule has 1 aromatic carbocycles. The van der Waals surface area contributed by atoms with Gasteiger partial charge in [0.05, 0.1) is 13.7 Å². The predicted molar refractivity (Wildman–Crippen MR) is 77.1 cm³/mol. The molecule has 2 rings (SSSR count). The second kappa shape index (κ2) is 7.12. The van der Waals surface area contributed by atoms with Crippen molar-refractivity contribution < 1.29 is 14.6 Å². The third-order valence-corrected chi connectivity index (χ3v) is 3.40. The Balaban J connectivity index is 1.86. The molecule has 6 heteroatoms. The Kier molecular flexibility index (Phi) is 5.20. The van der Waals surface area contributed by atoms with Gasteiger partial charge < -0.3 is 20.1 Å². The highest BCUT2D eigenvalue weighted by Gasteiger charge is 2.20. The fraction of sp³-hybridized carbons (Fsp3) is 0.500. The maximum atomic E-state index is 12.1. The Bertz CT molecular complexity index is 445. The number of amides is 2. The molecule has 1 aliphatic rings. The molecule has 1 fully saturated rings. The molecule has 110 valence electrons. The number of β-amino-alcohol motifs (C(OH)–C–C–N with tert-alkyl or cyclic N) is 1. The van der Waals surface area contributed by atoms with E-state index >= 15 is 0 Å². The van der Waals surface area contributed by atoms with Gasteiger partial charge in [0.15, 0.2) is 0 Å². The van der Waals surface area contributed by atoms with E-state index in [4.69, 9.17) is 9.84 Å². The van der Waals surface area contributed by atoms with Crippen molar-refractivity contribution >= 4 is 11.7 Å². The smallest absolute Gasteiger partial charge is 0.321 e. The Morgan fingerprint density at radius 3 is 2.75 bits per heavy atom. The van der Waals surface area contributed by atoms with Gasteiger partial charge in [-0.2, -0.15) is 0 Å². The summed E-state index contributed by atoms with van der Waals surface area (Å²) in [6.07, 6.45) is 0. The second-order valence-corrected chi connectivity index (χ2v) is 4.71. The van der Waals surface area contributed by atoms with Crippen LogP contribution in [0, 0.1) is 0 Å². The van der Waals surface area contributed by atoms with Gasteiger partial charge in [-0.25, -0.2) is 4.79 Å². The normalized spacial score (nSPS) is 16.0. The lowest BCUT2D eigenvalue weighted by atomic mass is 10.3. The van der Waals surface area contributed by atoms with Gasteiger partial charge in [-0.1, -0.05) is 6.07 Å². The first-order valence-corrected chi connectivity index (χ1v) is 6.76. The number of piperazine rings is 1. The van der Waals surface area contributed by atoms with Crippen LogP contribution in [0.25, 0.3) is 0 Å². The third-order valence-electron chi connectivity index (χ3n) is 3.40. The van der Waals surface area contributed by atoms with Gasteiger partial charge in [-0.15, -0.1) is 0 Å². The molecule has 0 saturated carbocycles. The van der Waals surface area contributed by atoms with Crippen LogP contribution >= 0.6 is 0 Å². The largest absolute Gasteiger partial charge is 0.497 e. The van der Waals surface area contributed by atoms with Crippen molar-refractivity contribution in [1.82, 2.24) is 9.80 Å². The summed E-state index contributed by atoms with van der Waals surface area (Å²) in [6, 6.07) is 7.21. The quantitative estimate of drug-likeness (QED) is 0.857. The molecule has 1 heterocycles. The summed E-state index contributed by atoms with van der Waals surface area (Å²) in [5.41, 5.74) is 0.729. The molecule has 1 aliphatic heterocycles. The van der Waals surface area contributed by atoms with Crippen molar-refractivity contribution in [2.24, 2.45) is 0 Å². The van der Waals surface area contributed by atoms with E-state index < -0.39 is 0 Å². The SMILES string of the molecule is COc1cccc(NC(=O)N2CCN(CCO)CC2)c1. The highest BCUT2D eigenvalue weighted by atomic mass is 16.5. The van der Waals surface area contributed by atoms with Gasteiger partial charge >= 0.3 is 6.03 Å². The number of hydrogen-bond donors (Lipinski definition) is 2. The van der Waals surface area contributed by atoms with Crippen LogP contribution in [0.4, 0.5) is 10.5 Å². The molecule has 0 aliphatic carbocycles. The maximum absolute atomic E-state index is 12.1. The highest BCUT2D eigenvalue weighted by molar-refractivity contribution is 5.89. The Morgan fingerprint density at radius 1 is 1.35 bits per heavy atom. The van der Waals surface area contributed by atoms with E-state index in [1.807, 2.05) is 18.2 Å². The number of methoxy groups -OCH3 is 1. The zero-order valence-electron chi connectivity index (χ0n) is 11.7. The number of benzene rings is 1. The molecule has 0 unspecified atom stereocenters. The van der Waals surface area contributed by atoms with E-state index in [-0.39, 0.29) is 12.6 Å². The summed E-state index contributed by atoms with van der Waals surface area (Å²) in [4.78, 5) is 16.1. The molecule has 0 spiro atoms. The van der Waals surface area contributed by atoms with Crippen molar-refractivity contribution in [3.8, 4) is 5.75 Å². The standard InChI is InChI=1S/C14H21N3O3/c1-20-13-4-2-3-12(11-13)15-14(19)17-7-5-16(6-8-17)9-10-18/h2-4,11,18H,5-10H2,1H3,(H,15,19). The molecule has 0 bridgehead atoms. The van der Waals surface area contributed by atoms with Crippen LogP contribution in [-0.2, 0) is 0 Å². The van der Waals surface area contributed by atoms with Gasteiger partial charge in [0.2, 0.25) is 0 Å². The lowest BCUT2D eigenvalue weighted by Gasteiger charge is -2.34. The highest BCUT2D eigenvalue weighted by Crippen LogP contribution is 2.17. The Labute approximate surface area is 118 Å². The number of anilines is 1. The van der Waals surface area contributed by atoms with E-state index in [1.165, 1.54) is 0 Å². The van der Waals surface area contributed by atoms with E-state index in [1.54, 1.807) is 18.1 Å². The molecule has 0 atom stereocenters. The molecule has 0 radical (unpaired) electrons. The number of carbonyl (C=O) groups is 1. The molecule has 1 saturated heterocycles. The monoisotopic (exact) mass is 279 g/mol. The number of nitrogens with one attached hydrogen (secondary N) is 1. The zero-order valence-corrected chi connectivity index (χ0v) is 11.7. The van der Waals surface area contributed by atoms with Crippen molar-refractivity contribution in [2.75, 3.05) is 51.8 Å². The zero-order chi connectivity index (χ0) is 14.4. The van der Waals surface area contributed by atoms with Crippen LogP contribution in [0.1, 0.15) is 0 Å². The molecule has 0 aromatic heterocycles. The van der Waals surface area contributed by atoms with Gasteiger partial charge in [-0.3, -0.25) is 4.90 Å². The molecule has 1 aromatic rings. The predicted octanol–water partition coefficient (Wildman–Crippen LogP) is 0.837. The molecule has 2 N–H and O–H groups in total. The fourth-order valence-electron chi connectivity index (χ4n) is 2.22. The van der Waals surface area contributed by atoms with Crippen LogP contribution in [0.3, 0.4) is 0 Å². The van der Waals surface area contributed by atoms with E-state index in [0.29, 0.717) is 19.6 Å². The number of carbonyl (C=O) groups excluding carboxylic acids is 1. The van der Waals surface area contributed by atoms with Crippen molar-refractivity contribution in [2.45, 2.75) is 0 Å². The first-order chi connectivity index (χ1) is 9.72. The first kappa shape index (κ1) is 14.6. The Morgan fingerprint density at radius 2 is 2.10 bits per heavy atom. The maximum Gasteiger partial charge on any atom is 0.321 e. The molecular weight excluding hydrogens is 258 g/mol. The van der Waals surface area contributed by atoms with Crippen LogP contribution in [0.15, 0.2) is 24.3 Å². The summed E-state index contributed by atoms with van der Waals surface area (Å²) >= 11 is 0. The topological polar surface area (TPSA) is 65.0 Å². The molecule has 2 amide bonds. The van der Waals surface area contributed by atoms with Gasteiger partial charge in [0.1, 0.15) is 5.75 Å². The summed E-state index contributed by atoms with van der Waals surface area (Å²) in [7, 11) is 1.60. The molecule has 20 heavy (non-hydrogen) atoms. The number of nitrogens with zero attached hydrogens (tertiary/aromatic N) is 2. The lowest BCUT2D eigenvalue weighted by Crippen LogP contribution is -2.50. The van der Waals surface area contributed by atoms with E-state index in [2.05, 4.69) is 10.2 Å². The summed E-state index contributed by atoms with van der Waals surface area (Å²) < 4.78 is 5.13. The third kappa shape index (κ3) is 3.85. The summed E-state index contributed by atoms with van der Waals surface area (Å²) in [5.74, 6) is 0.718. The minimum absolute atomic E-state index is 0.0955. The van der Waals surface area contributed by atoms with Crippen molar-refractivity contribution in [3.05, 3.63) is 24.3 Å². The summed E-state index contributed by atoms with van der Waals surface area (Å²) in [5, 5.41) is 11.8. The van der Waals surface area contributed by atoms with Gasteiger partial charge in [0.25, 0.3) is 0 Å². The number of hydrogen-bond acceptors (Lipinski definition) is 4. The van der Waals surface area contributed by atoms with Crippen molar-refractivity contribution in [3.63, 3.8) is 0 Å². The van der Waals surface area contributed by atoms with Crippen LogP contribution < -0.4 is 10.1 Å². The Hall–Kier alpha value is -1.79. The molecular formula is C14H21N3O3. The van der Waals surface area contributed by atoms with Crippen molar-refractivity contribution in [1.29, 1.82) is 0 Å². The lowest BCUT2D eigenvalue weighted by molar-refractivity contribution is 0.127. The minimum atomic E-state index is -0.0955. The number of aliphatic hydroxyl groups excluding tert-OH is 1. The number of aliphatic hydroxyl groups is 1. The van der Waals surface area contributed by atoms with Crippen LogP contribution in [0.5, 0.6) is 5.75 Å². The average molecular weight is 279 g/mol. The summed E-state index contributed by atoms with van der Waals surface area (Å²) in [6.45, 7) is 3.78. The van der Waals surface area contributed by atoms with Crippen LogP contribution in [-0.4, -0.2) is 67.4 Å². The van der Waals surface area contributed by atoms with Crippen LogP contribution in [0.2, 0.25) is 0 Å². The number of urea groups is 1. The van der Waals surface area contributed by atoms with E-state index in [9.17, 15) is 4.79 Å². The van der Waals surface area contributed by atoms with E-state index in [0.717, 1.165) is 24.5 Å². The van der Waals surface area contributed by atoms with Gasteiger partial charge in [-0.05, 0) is 12.1 Å².